The van der Waals surface area contributed by atoms with Crippen LogP contribution in [0.2, 0.25) is 0 Å². The van der Waals surface area contributed by atoms with Gasteiger partial charge < -0.3 is 5.32 Å². The molecule has 0 radical (unpaired) electrons. The topological polar surface area (TPSA) is 37.8 Å². The van der Waals surface area contributed by atoms with Gasteiger partial charge in [-0.3, -0.25) is 0 Å². The smallest absolute Gasteiger partial charge is 0.148 e. The van der Waals surface area contributed by atoms with E-state index in [-0.39, 0.29) is 0 Å². The summed E-state index contributed by atoms with van der Waals surface area (Å²) in [6.07, 6.45) is 0. The summed E-state index contributed by atoms with van der Waals surface area (Å²) in [4.78, 5) is 0. The minimum Gasteiger partial charge on any atom is -0.368 e. The zero-order valence-corrected chi connectivity index (χ0v) is 8.67. The van der Waals surface area contributed by atoms with E-state index in [0.717, 1.165) is 18.1 Å². The Labute approximate surface area is 83.5 Å². The third-order valence-corrected chi connectivity index (χ3v) is 2.22. The van der Waals surface area contributed by atoms with Crippen LogP contribution in [0.4, 0.5) is 5.82 Å². The fourth-order valence-electron chi connectivity index (χ4n) is 0.827. The van der Waals surface area contributed by atoms with Crippen molar-refractivity contribution in [1.29, 1.82) is 0 Å². The first-order chi connectivity index (χ1) is 6.22. The van der Waals surface area contributed by atoms with Gasteiger partial charge in [-0.05, 0) is 25.0 Å². The lowest BCUT2D eigenvalue weighted by atomic mass is 10.2. The quantitative estimate of drug-likeness (QED) is 0.755. The number of nitrogens with zero attached hydrogens (tertiary/aromatic N) is 2. The van der Waals surface area contributed by atoms with Gasteiger partial charge in [-0.15, -0.1) is 16.7 Å². The van der Waals surface area contributed by atoms with Crippen LogP contribution in [-0.4, -0.2) is 22.6 Å². The summed E-state index contributed by atoms with van der Waals surface area (Å²) in [5, 5.41) is 11.1. The summed E-state index contributed by atoms with van der Waals surface area (Å²) in [6, 6.07) is 3.85. The van der Waals surface area contributed by atoms with Crippen LogP contribution in [0.15, 0.2) is 12.1 Å². The Balaban J connectivity index is 2.41. The van der Waals surface area contributed by atoms with Crippen molar-refractivity contribution in [2.24, 2.45) is 5.92 Å². The average Bonchev–Trinajstić information content (AvgIpc) is 2.16. The van der Waals surface area contributed by atoms with E-state index in [2.05, 4.69) is 22.4 Å². The lowest BCUT2D eigenvalue weighted by Crippen LogP contribution is -2.13. The second-order valence-corrected chi connectivity index (χ2v) is 3.51. The number of nitrogens with one attached hydrogen (secondary N) is 1. The molecule has 1 heterocycles. The van der Waals surface area contributed by atoms with E-state index in [9.17, 15) is 0 Å². The summed E-state index contributed by atoms with van der Waals surface area (Å²) in [5.74, 6) is 1.92. The van der Waals surface area contributed by atoms with Gasteiger partial charge in [0.2, 0.25) is 0 Å². The molecule has 0 aliphatic rings. The Morgan fingerprint density at radius 2 is 2.23 bits per heavy atom. The molecule has 1 aromatic heterocycles. The van der Waals surface area contributed by atoms with Crippen molar-refractivity contribution < 1.29 is 0 Å². The maximum Gasteiger partial charge on any atom is 0.148 e. The van der Waals surface area contributed by atoms with Crippen LogP contribution in [0, 0.1) is 12.8 Å². The van der Waals surface area contributed by atoms with Crippen LogP contribution in [0.5, 0.6) is 0 Å². The summed E-state index contributed by atoms with van der Waals surface area (Å²) in [6.45, 7) is 4.83. The predicted octanol–water partition coefficient (Wildman–Crippen LogP) is 2.07. The Kier molecular flexibility index (Phi) is 3.96. The third kappa shape index (κ3) is 3.59. The van der Waals surface area contributed by atoms with Crippen LogP contribution in [0.25, 0.3) is 0 Å². The first-order valence-corrected chi connectivity index (χ1v) is 4.86. The number of hydrogen-bond acceptors (Lipinski definition) is 3. The van der Waals surface area contributed by atoms with Gasteiger partial charge in [-0.25, -0.2) is 0 Å². The molecule has 0 amide bonds. The van der Waals surface area contributed by atoms with E-state index < -0.39 is 0 Å². The molecule has 3 nitrogen and oxygen atoms in total. The summed E-state index contributed by atoms with van der Waals surface area (Å²) in [5.41, 5.74) is 0.927. The van der Waals surface area contributed by atoms with Gasteiger partial charge in [0, 0.05) is 12.4 Å². The van der Waals surface area contributed by atoms with E-state index in [4.69, 9.17) is 11.6 Å². The van der Waals surface area contributed by atoms with Crippen molar-refractivity contribution in [2.45, 2.75) is 13.8 Å². The van der Waals surface area contributed by atoms with Crippen molar-refractivity contribution in [3.05, 3.63) is 17.8 Å². The molecular formula is C9H14ClN3. The number of hydrogen-bond donors (Lipinski definition) is 1. The minimum absolute atomic E-state index is 0.449. The maximum atomic E-state index is 5.67. The lowest BCUT2D eigenvalue weighted by molar-refractivity contribution is 0.693. The summed E-state index contributed by atoms with van der Waals surface area (Å²) in [7, 11) is 0. The first-order valence-electron chi connectivity index (χ1n) is 4.32. The van der Waals surface area contributed by atoms with Crippen molar-refractivity contribution >= 4 is 17.4 Å². The molecule has 1 rings (SSSR count). The number of aryl methyl sites for hydroxylation is 1. The molecule has 0 aromatic carbocycles. The van der Waals surface area contributed by atoms with E-state index >= 15 is 0 Å². The molecule has 0 bridgehead atoms. The lowest BCUT2D eigenvalue weighted by Gasteiger charge is -2.08. The van der Waals surface area contributed by atoms with Crippen LogP contribution in [0.1, 0.15) is 12.6 Å². The standard InChI is InChI=1S/C9H14ClN3/c1-7(5-10)6-11-9-4-3-8(2)12-13-9/h3-4,7H,5-6H2,1-2H3,(H,11,13). The number of aromatic nitrogens is 2. The van der Waals surface area contributed by atoms with Crippen molar-refractivity contribution in [2.75, 3.05) is 17.7 Å². The van der Waals surface area contributed by atoms with E-state index in [1.807, 2.05) is 19.1 Å². The Morgan fingerprint density at radius 3 is 2.77 bits per heavy atom. The highest BCUT2D eigenvalue weighted by Gasteiger charge is 1.99. The molecule has 1 N–H and O–H groups in total. The molecule has 4 heteroatoms. The predicted molar refractivity (Wildman–Crippen MR) is 55.1 cm³/mol. The highest BCUT2D eigenvalue weighted by Crippen LogP contribution is 2.03. The molecule has 0 aliphatic carbocycles. The highest BCUT2D eigenvalue weighted by atomic mass is 35.5. The number of halogens is 1. The molecule has 72 valence electrons. The Hall–Kier alpha value is -0.830. The average molecular weight is 200 g/mol. The molecular weight excluding hydrogens is 186 g/mol. The fourth-order valence-corrected chi connectivity index (χ4v) is 0.936. The fraction of sp³-hybridized carbons (Fsp3) is 0.556. The van der Waals surface area contributed by atoms with Gasteiger partial charge in [0.1, 0.15) is 5.82 Å². The van der Waals surface area contributed by atoms with E-state index in [1.54, 1.807) is 0 Å². The van der Waals surface area contributed by atoms with Gasteiger partial charge in [-0.1, -0.05) is 6.92 Å². The van der Waals surface area contributed by atoms with Gasteiger partial charge in [-0.2, -0.15) is 5.10 Å². The molecule has 1 unspecified atom stereocenters. The molecule has 0 fully saturated rings. The van der Waals surface area contributed by atoms with Gasteiger partial charge in [0.25, 0.3) is 0 Å². The van der Waals surface area contributed by atoms with Crippen molar-refractivity contribution in [1.82, 2.24) is 10.2 Å². The maximum absolute atomic E-state index is 5.67. The number of anilines is 1. The number of rotatable bonds is 4. The third-order valence-electron chi connectivity index (χ3n) is 1.69. The summed E-state index contributed by atoms with van der Waals surface area (Å²) < 4.78 is 0. The van der Waals surface area contributed by atoms with E-state index in [1.165, 1.54) is 0 Å². The highest BCUT2D eigenvalue weighted by molar-refractivity contribution is 6.18. The largest absolute Gasteiger partial charge is 0.368 e. The van der Waals surface area contributed by atoms with E-state index in [0.29, 0.717) is 11.8 Å². The van der Waals surface area contributed by atoms with Gasteiger partial charge >= 0.3 is 0 Å². The molecule has 1 aromatic rings. The zero-order chi connectivity index (χ0) is 9.68. The van der Waals surface area contributed by atoms with Crippen LogP contribution in [-0.2, 0) is 0 Å². The molecule has 0 spiro atoms. The summed E-state index contributed by atoms with van der Waals surface area (Å²) >= 11 is 5.67. The van der Waals surface area contributed by atoms with Crippen LogP contribution < -0.4 is 5.32 Å². The second-order valence-electron chi connectivity index (χ2n) is 3.20. The first kappa shape index (κ1) is 10.3. The number of alkyl halides is 1. The Morgan fingerprint density at radius 1 is 1.46 bits per heavy atom. The molecule has 0 aliphatic heterocycles. The SMILES string of the molecule is Cc1ccc(NCC(C)CCl)nn1. The van der Waals surface area contributed by atoms with Crippen LogP contribution >= 0.6 is 11.6 Å². The van der Waals surface area contributed by atoms with Gasteiger partial charge in [0.05, 0.1) is 5.69 Å². The molecule has 0 saturated carbocycles. The normalized spacial score (nSPS) is 12.5. The van der Waals surface area contributed by atoms with Crippen molar-refractivity contribution in [3.8, 4) is 0 Å². The molecule has 13 heavy (non-hydrogen) atoms. The van der Waals surface area contributed by atoms with Crippen LogP contribution in [0.3, 0.4) is 0 Å². The zero-order valence-electron chi connectivity index (χ0n) is 7.92. The minimum atomic E-state index is 0.449. The Bertz CT molecular complexity index is 248. The second kappa shape index (κ2) is 5.02. The monoisotopic (exact) mass is 199 g/mol. The van der Waals surface area contributed by atoms with Crippen molar-refractivity contribution in [3.63, 3.8) is 0 Å². The molecule has 0 saturated heterocycles. The van der Waals surface area contributed by atoms with Gasteiger partial charge in [0.15, 0.2) is 0 Å². The molecule has 1 atom stereocenters.